The van der Waals surface area contributed by atoms with Crippen LogP contribution in [0.15, 0.2) is 27.8 Å². The molecule has 0 spiro atoms. The number of carbonyl (C=O) groups excluding carboxylic acids is 1. The molecule has 0 radical (unpaired) electrons. The number of hydrogen-bond donors (Lipinski definition) is 2. The molecule has 1 aromatic rings. The fourth-order valence-electron chi connectivity index (χ4n) is 2.85. The molecule has 25 heavy (non-hydrogen) atoms. The summed E-state index contributed by atoms with van der Waals surface area (Å²) in [6, 6.07) is 1.52. The zero-order valence-electron chi connectivity index (χ0n) is 14.0. The average molecular weight is 404 g/mol. The number of unbranched alkanes of at least 4 members (excludes halogenated alkanes) is 4. The smallest absolute Gasteiger partial charge is 0.196 e. The summed E-state index contributed by atoms with van der Waals surface area (Å²) in [5.41, 5.74) is 0.696. The zero-order valence-corrected chi connectivity index (χ0v) is 16.3. The highest BCUT2D eigenvalue weighted by molar-refractivity contribution is 6.42. The van der Waals surface area contributed by atoms with Crippen molar-refractivity contribution < 1.29 is 15.0 Å². The number of aromatic hydroxyl groups is 2. The van der Waals surface area contributed by atoms with Gasteiger partial charge < -0.3 is 10.2 Å². The highest BCUT2D eigenvalue weighted by Gasteiger charge is 2.27. The number of phenols is 2. The lowest BCUT2D eigenvalue weighted by Crippen LogP contribution is -2.05. The second-order valence-electron chi connectivity index (χ2n) is 6.18. The standard InChI is InChI=1S/C19H21Cl3O3/c1-2-3-4-5-6-7-11-8-15(22)19(25)16(17(11)23)18(24)12-9-13(20)14(21)10-12/h8-9,23,25H,2-7,10H2,1H3. The molecule has 0 bridgehead atoms. The molecular formula is C19H21Cl3O3. The molecule has 2 N–H and O–H groups in total. The number of allylic oxidation sites excluding steroid dienone is 4. The summed E-state index contributed by atoms with van der Waals surface area (Å²) in [6.45, 7) is 2.15. The molecule has 0 unspecified atom stereocenters. The van der Waals surface area contributed by atoms with E-state index in [4.69, 9.17) is 34.8 Å². The van der Waals surface area contributed by atoms with Gasteiger partial charge in [-0.15, -0.1) is 0 Å². The molecule has 1 aliphatic carbocycles. The summed E-state index contributed by atoms with van der Waals surface area (Å²) in [6.07, 6.45) is 7.60. The fourth-order valence-corrected chi connectivity index (χ4v) is 3.47. The molecule has 0 aliphatic heterocycles. The quantitative estimate of drug-likeness (QED) is 0.386. The highest BCUT2D eigenvalue weighted by atomic mass is 35.5. The van der Waals surface area contributed by atoms with E-state index in [2.05, 4.69) is 6.92 Å². The number of halogens is 3. The molecule has 2 rings (SSSR count). The molecule has 0 heterocycles. The number of hydrogen-bond acceptors (Lipinski definition) is 3. The van der Waals surface area contributed by atoms with Crippen LogP contribution >= 0.6 is 34.8 Å². The van der Waals surface area contributed by atoms with Gasteiger partial charge in [0.25, 0.3) is 0 Å². The maximum atomic E-state index is 12.7. The Bertz CT molecular complexity index is 736. The minimum atomic E-state index is -0.515. The van der Waals surface area contributed by atoms with Crippen LogP contribution in [0.2, 0.25) is 5.02 Å². The van der Waals surface area contributed by atoms with E-state index in [0.717, 1.165) is 25.7 Å². The molecule has 1 aliphatic rings. The third-order valence-electron chi connectivity index (χ3n) is 4.28. The number of Topliss-reactive ketones (excluding diaryl/α,β-unsaturated/α-hetero) is 1. The molecule has 0 saturated heterocycles. The number of phenolic OH excluding ortho intramolecular Hbond substituents is 2. The lowest BCUT2D eigenvalue weighted by molar-refractivity contribution is 0.102. The van der Waals surface area contributed by atoms with Crippen molar-refractivity contribution in [2.24, 2.45) is 0 Å². The van der Waals surface area contributed by atoms with E-state index in [-0.39, 0.29) is 22.8 Å². The van der Waals surface area contributed by atoms with Crippen molar-refractivity contribution in [3.8, 4) is 11.5 Å². The minimum absolute atomic E-state index is 0.0495. The van der Waals surface area contributed by atoms with E-state index in [1.807, 2.05) is 0 Å². The number of benzene rings is 1. The summed E-state index contributed by atoms with van der Waals surface area (Å²) in [5, 5.41) is 21.4. The Labute approximate surface area is 162 Å². The topological polar surface area (TPSA) is 57.5 Å². The first kappa shape index (κ1) is 20.2. The van der Waals surface area contributed by atoms with Crippen LogP contribution in [0.3, 0.4) is 0 Å². The molecule has 3 nitrogen and oxygen atoms in total. The van der Waals surface area contributed by atoms with E-state index < -0.39 is 11.5 Å². The summed E-state index contributed by atoms with van der Waals surface area (Å²) in [7, 11) is 0. The van der Waals surface area contributed by atoms with Gasteiger partial charge in [-0.25, -0.2) is 0 Å². The number of aryl methyl sites for hydroxylation is 1. The van der Waals surface area contributed by atoms with Gasteiger partial charge in [0.2, 0.25) is 0 Å². The first-order chi connectivity index (χ1) is 11.9. The van der Waals surface area contributed by atoms with Gasteiger partial charge in [0.1, 0.15) is 17.1 Å². The molecule has 0 saturated carbocycles. The monoisotopic (exact) mass is 402 g/mol. The van der Waals surface area contributed by atoms with Crippen molar-refractivity contribution in [1.82, 2.24) is 0 Å². The summed E-state index contributed by atoms with van der Waals surface area (Å²) in [5.74, 6) is -1.15. The zero-order chi connectivity index (χ0) is 18.6. The molecule has 0 fully saturated rings. The van der Waals surface area contributed by atoms with Crippen LogP contribution in [0.5, 0.6) is 11.5 Å². The number of carbonyl (C=O) groups is 1. The van der Waals surface area contributed by atoms with Crippen LogP contribution in [0, 0.1) is 0 Å². The fraction of sp³-hybridized carbons (Fsp3) is 0.421. The third-order valence-corrected chi connectivity index (χ3v) is 5.34. The molecule has 0 amide bonds. The van der Waals surface area contributed by atoms with Crippen molar-refractivity contribution >= 4 is 40.6 Å². The Morgan fingerprint density at radius 1 is 1.08 bits per heavy atom. The number of rotatable bonds is 8. The molecule has 0 aromatic heterocycles. The maximum absolute atomic E-state index is 12.7. The summed E-state index contributed by atoms with van der Waals surface area (Å²) < 4.78 is 0. The van der Waals surface area contributed by atoms with Gasteiger partial charge in [-0.1, -0.05) is 67.4 Å². The van der Waals surface area contributed by atoms with Gasteiger partial charge >= 0.3 is 0 Å². The van der Waals surface area contributed by atoms with Crippen LogP contribution in [-0.2, 0) is 6.42 Å². The van der Waals surface area contributed by atoms with Crippen LogP contribution in [-0.4, -0.2) is 16.0 Å². The maximum Gasteiger partial charge on any atom is 0.196 e. The van der Waals surface area contributed by atoms with Crippen molar-refractivity contribution in [3.63, 3.8) is 0 Å². The van der Waals surface area contributed by atoms with Crippen LogP contribution in [0.1, 0.15) is 61.4 Å². The first-order valence-corrected chi connectivity index (χ1v) is 9.52. The Kier molecular flexibility index (Phi) is 7.24. The third kappa shape index (κ3) is 4.72. The number of ketones is 1. The van der Waals surface area contributed by atoms with Crippen molar-refractivity contribution in [3.05, 3.63) is 43.9 Å². The normalized spacial score (nSPS) is 14.2. The van der Waals surface area contributed by atoms with Gasteiger partial charge in [0.05, 0.1) is 10.1 Å². The Balaban J connectivity index is 2.23. The molecular weight excluding hydrogens is 383 g/mol. The SMILES string of the molecule is CCCCCCCc1cc(Cl)c(O)c(C(=O)C2=CC(Cl)=C(Cl)C2)c1O. The van der Waals surface area contributed by atoms with E-state index in [0.29, 0.717) is 27.6 Å². The Morgan fingerprint density at radius 3 is 2.36 bits per heavy atom. The second-order valence-corrected chi connectivity index (χ2v) is 7.45. The second kappa shape index (κ2) is 8.98. The summed E-state index contributed by atoms with van der Waals surface area (Å²) in [4.78, 5) is 12.7. The highest BCUT2D eigenvalue weighted by Crippen LogP contribution is 2.41. The van der Waals surface area contributed by atoms with E-state index >= 15 is 0 Å². The van der Waals surface area contributed by atoms with Gasteiger partial charge in [-0.05, 0) is 30.5 Å². The molecule has 0 atom stereocenters. The molecule has 1 aromatic carbocycles. The molecule has 6 heteroatoms. The Morgan fingerprint density at radius 2 is 1.76 bits per heavy atom. The van der Waals surface area contributed by atoms with Gasteiger partial charge in [0, 0.05) is 17.0 Å². The minimum Gasteiger partial charge on any atom is -0.507 e. The predicted octanol–water partition coefficient (Wildman–Crippen LogP) is 6.47. The van der Waals surface area contributed by atoms with Crippen molar-refractivity contribution in [2.75, 3.05) is 0 Å². The average Bonchev–Trinajstić information content (AvgIpc) is 2.91. The van der Waals surface area contributed by atoms with Crippen LogP contribution in [0.25, 0.3) is 0 Å². The molecule has 136 valence electrons. The predicted molar refractivity (Wildman–Crippen MR) is 103 cm³/mol. The van der Waals surface area contributed by atoms with Gasteiger partial charge in [-0.2, -0.15) is 0 Å². The van der Waals surface area contributed by atoms with Crippen LogP contribution in [0.4, 0.5) is 0 Å². The van der Waals surface area contributed by atoms with Crippen LogP contribution < -0.4 is 0 Å². The van der Waals surface area contributed by atoms with Crippen molar-refractivity contribution in [2.45, 2.75) is 51.9 Å². The lowest BCUT2D eigenvalue weighted by atomic mass is 9.95. The van der Waals surface area contributed by atoms with E-state index in [9.17, 15) is 15.0 Å². The largest absolute Gasteiger partial charge is 0.507 e. The summed E-state index contributed by atoms with van der Waals surface area (Å²) >= 11 is 17.9. The van der Waals surface area contributed by atoms with E-state index in [1.54, 1.807) is 0 Å². The van der Waals surface area contributed by atoms with Crippen molar-refractivity contribution in [1.29, 1.82) is 0 Å². The first-order valence-electron chi connectivity index (χ1n) is 8.39. The Hall–Kier alpha value is -1.16. The van der Waals surface area contributed by atoms with Gasteiger partial charge in [-0.3, -0.25) is 4.79 Å². The van der Waals surface area contributed by atoms with Gasteiger partial charge in [0.15, 0.2) is 5.78 Å². The lowest BCUT2D eigenvalue weighted by Gasteiger charge is -2.13. The van der Waals surface area contributed by atoms with E-state index in [1.165, 1.54) is 18.6 Å².